The van der Waals surface area contributed by atoms with Gasteiger partial charge in [0.2, 0.25) is 0 Å². The fraction of sp³-hybridized carbons (Fsp3) is 0.647. The second-order valence-electron chi connectivity index (χ2n) is 7.13. The van der Waals surface area contributed by atoms with Crippen LogP contribution in [0.5, 0.6) is 0 Å². The maximum Gasteiger partial charge on any atom is 0.410 e. The van der Waals surface area contributed by atoms with E-state index in [1.165, 1.54) is 0 Å². The zero-order chi connectivity index (χ0) is 17.7. The summed E-state index contributed by atoms with van der Waals surface area (Å²) >= 11 is 6.93. The standard InChI is InChI=1S/C17H25Br2N3O2/c1-17(2,3)24-16(23)22-7-5-12(11-22)4-6-20-10-15-14(19)8-13(18)9-21-15/h8-9,12,20H,4-7,10-11H2,1-3H3. The Kier molecular flexibility index (Phi) is 7.07. The lowest BCUT2D eigenvalue weighted by Gasteiger charge is -2.24. The number of ether oxygens (including phenoxy) is 1. The van der Waals surface area contributed by atoms with E-state index in [1.54, 1.807) is 6.20 Å². The molecule has 1 aliphatic rings. The first-order valence-electron chi connectivity index (χ1n) is 8.23. The molecule has 2 rings (SSSR count). The largest absolute Gasteiger partial charge is 0.444 e. The van der Waals surface area contributed by atoms with Crippen molar-refractivity contribution in [1.82, 2.24) is 15.2 Å². The Balaban J connectivity index is 1.68. The smallest absolute Gasteiger partial charge is 0.410 e. The molecule has 1 fully saturated rings. The van der Waals surface area contributed by atoms with Crippen molar-refractivity contribution in [2.45, 2.75) is 45.8 Å². The number of hydrogen-bond donors (Lipinski definition) is 1. The molecule has 5 nitrogen and oxygen atoms in total. The molecule has 0 aromatic carbocycles. The molecular weight excluding hydrogens is 438 g/mol. The predicted molar refractivity (Wildman–Crippen MR) is 102 cm³/mol. The molecule has 1 atom stereocenters. The summed E-state index contributed by atoms with van der Waals surface area (Å²) in [7, 11) is 0. The van der Waals surface area contributed by atoms with Gasteiger partial charge in [0.05, 0.1) is 5.69 Å². The number of carbonyl (C=O) groups is 1. The summed E-state index contributed by atoms with van der Waals surface area (Å²) in [5.74, 6) is 0.534. The molecule has 0 bridgehead atoms. The number of pyridine rings is 1. The number of halogens is 2. The third-order valence-electron chi connectivity index (χ3n) is 3.84. The van der Waals surface area contributed by atoms with Crippen LogP contribution in [0.1, 0.15) is 39.3 Å². The normalized spacial score (nSPS) is 18.0. The summed E-state index contributed by atoms with van der Waals surface area (Å²) in [5.41, 5.74) is 0.571. The number of hydrogen-bond acceptors (Lipinski definition) is 4. The molecule has 24 heavy (non-hydrogen) atoms. The van der Waals surface area contributed by atoms with Crippen LogP contribution >= 0.6 is 31.9 Å². The van der Waals surface area contributed by atoms with Crippen LogP contribution in [0.25, 0.3) is 0 Å². The number of rotatable bonds is 5. The first-order valence-corrected chi connectivity index (χ1v) is 9.82. The van der Waals surface area contributed by atoms with Crippen molar-refractivity contribution in [3.63, 3.8) is 0 Å². The third kappa shape index (κ3) is 6.33. The predicted octanol–water partition coefficient (Wildman–Crippen LogP) is 4.34. The second kappa shape index (κ2) is 8.63. The lowest BCUT2D eigenvalue weighted by Crippen LogP contribution is -2.35. The SMILES string of the molecule is CC(C)(C)OC(=O)N1CCC(CCNCc2ncc(Br)cc2Br)C1. The molecule has 0 radical (unpaired) electrons. The summed E-state index contributed by atoms with van der Waals surface area (Å²) in [6, 6.07) is 2.00. The number of nitrogens with zero attached hydrogens (tertiary/aromatic N) is 2. The minimum absolute atomic E-state index is 0.194. The number of aromatic nitrogens is 1. The highest BCUT2D eigenvalue weighted by atomic mass is 79.9. The first kappa shape index (κ1) is 19.7. The Hall–Kier alpha value is -0.660. The zero-order valence-electron chi connectivity index (χ0n) is 14.4. The summed E-state index contributed by atoms with van der Waals surface area (Å²) in [6.45, 7) is 8.92. The summed E-state index contributed by atoms with van der Waals surface area (Å²) < 4.78 is 7.40. The fourth-order valence-corrected chi connectivity index (χ4v) is 3.77. The average molecular weight is 463 g/mol. The Morgan fingerprint density at radius 3 is 2.88 bits per heavy atom. The second-order valence-corrected chi connectivity index (χ2v) is 8.90. The van der Waals surface area contributed by atoms with Gasteiger partial charge in [-0.25, -0.2) is 4.79 Å². The molecular formula is C17H25Br2N3O2. The molecule has 0 aliphatic carbocycles. The van der Waals surface area contributed by atoms with Crippen molar-refractivity contribution in [3.05, 3.63) is 26.9 Å². The van der Waals surface area contributed by atoms with Crippen molar-refractivity contribution in [1.29, 1.82) is 0 Å². The number of carbonyl (C=O) groups excluding carboxylic acids is 1. The molecule has 1 saturated heterocycles. The van der Waals surface area contributed by atoms with Crippen molar-refractivity contribution >= 4 is 38.0 Å². The fourth-order valence-electron chi connectivity index (χ4n) is 2.65. The van der Waals surface area contributed by atoms with Crippen LogP contribution in [0, 0.1) is 5.92 Å². The molecule has 1 amide bonds. The van der Waals surface area contributed by atoms with Gasteiger partial charge in [-0.3, -0.25) is 4.98 Å². The van der Waals surface area contributed by atoms with Gasteiger partial charge in [0.15, 0.2) is 0 Å². The van der Waals surface area contributed by atoms with E-state index in [-0.39, 0.29) is 6.09 Å². The molecule has 0 spiro atoms. The van der Waals surface area contributed by atoms with Gasteiger partial charge in [0.1, 0.15) is 5.60 Å². The van der Waals surface area contributed by atoms with Gasteiger partial charge < -0.3 is 15.0 Å². The van der Waals surface area contributed by atoms with Gasteiger partial charge in [0.25, 0.3) is 0 Å². The number of amides is 1. The first-order chi connectivity index (χ1) is 11.2. The van der Waals surface area contributed by atoms with Crippen molar-refractivity contribution in [3.8, 4) is 0 Å². The molecule has 7 heteroatoms. The lowest BCUT2D eigenvalue weighted by molar-refractivity contribution is 0.0287. The Morgan fingerprint density at radius 1 is 1.46 bits per heavy atom. The maximum absolute atomic E-state index is 12.1. The van der Waals surface area contributed by atoms with Crippen molar-refractivity contribution < 1.29 is 9.53 Å². The van der Waals surface area contributed by atoms with Gasteiger partial charge in [-0.15, -0.1) is 0 Å². The highest BCUT2D eigenvalue weighted by Gasteiger charge is 2.29. The number of nitrogens with one attached hydrogen (secondary N) is 1. The van der Waals surface area contributed by atoms with E-state index >= 15 is 0 Å². The highest BCUT2D eigenvalue weighted by Crippen LogP contribution is 2.22. The zero-order valence-corrected chi connectivity index (χ0v) is 17.6. The number of likely N-dealkylation sites (tertiary alicyclic amines) is 1. The van der Waals surface area contributed by atoms with Crippen LogP contribution in [0.2, 0.25) is 0 Å². The van der Waals surface area contributed by atoms with Gasteiger partial charge in [-0.05, 0) is 84.0 Å². The van der Waals surface area contributed by atoms with E-state index in [2.05, 4.69) is 42.2 Å². The Labute approximate surface area is 160 Å². The van der Waals surface area contributed by atoms with E-state index in [0.29, 0.717) is 5.92 Å². The quantitative estimate of drug-likeness (QED) is 0.661. The van der Waals surface area contributed by atoms with Gasteiger partial charge in [0, 0.05) is 34.8 Å². The minimum atomic E-state index is -0.429. The van der Waals surface area contributed by atoms with E-state index in [4.69, 9.17) is 4.74 Å². The van der Waals surface area contributed by atoms with Crippen LogP contribution in [-0.4, -0.2) is 41.2 Å². The van der Waals surface area contributed by atoms with Crippen LogP contribution in [0.15, 0.2) is 21.2 Å². The van der Waals surface area contributed by atoms with E-state index in [9.17, 15) is 4.79 Å². The van der Waals surface area contributed by atoms with Gasteiger partial charge in [-0.2, -0.15) is 0 Å². The van der Waals surface area contributed by atoms with E-state index < -0.39 is 5.60 Å². The van der Waals surface area contributed by atoms with E-state index in [1.807, 2.05) is 31.7 Å². The molecule has 2 heterocycles. The van der Waals surface area contributed by atoms with Crippen molar-refractivity contribution in [2.24, 2.45) is 5.92 Å². The van der Waals surface area contributed by atoms with Crippen LogP contribution in [0.3, 0.4) is 0 Å². The highest BCUT2D eigenvalue weighted by molar-refractivity contribution is 9.11. The van der Waals surface area contributed by atoms with Crippen LogP contribution < -0.4 is 5.32 Å². The summed E-state index contributed by atoms with van der Waals surface area (Å²) in [6.07, 6.45) is 3.70. The molecule has 1 aromatic rings. The van der Waals surface area contributed by atoms with Crippen molar-refractivity contribution in [2.75, 3.05) is 19.6 Å². The molecule has 1 unspecified atom stereocenters. The Bertz CT molecular complexity index is 575. The van der Waals surface area contributed by atoms with Crippen LogP contribution in [-0.2, 0) is 11.3 Å². The summed E-state index contributed by atoms with van der Waals surface area (Å²) in [5, 5.41) is 3.43. The molecule has 0 saturated carbocycles. The monoisotopic (exact) mass is 461 g/mol. The molecule has 1 aromatic heterocycles. The lowest BCUT2D eigenvalue weighted by atomic mass is 10.1. The topological polar surface area (TPSA) is 54.5 Å². The summed E-state index contributed by atoms with van der Waals surface area (Å²) in [4.78, 5) is 18.3. The molecule has 1 aliphatic heterocycles. The molecule has 134 valence electrons. The third-order valence-corrected chi connectivity index (χ3v) is 4.96. The Morgan fingerprint density at radius 2 is 2.21 bits per heavy atom. The molecule has 1 N–H and O–H groups in total. The minimum Gasteiger partial charge on any atom is -0.444 e. The van der Waals surface area contributed by atoms with Gasteiger partial charge >= 0.3 is 6.09 Å². The van der Waals surface area contributed by atoms with E-state index in [0.717, 1.165) is 53.7 Å². The van der Waals surface area contributed by atoms with Gasteiger partial charge in [-0.1, -0.05) is 0 Å². The maximum atomic E-state index is 12.1. The average Bonchev–Trinajstić information content (AvgIpc) is 2.92. The van der Waals surface area contributed by atoms with Crippen LogP contribution in [0.4, 0.5) is 4.79 Å².